The van der Waals surface area contributed by atoms with Gasteiger partial charge in [0.05, 0.1) is 19.9 Å². The van der Waals surface area contributed by atoms with Crippen LogP contribution in [-0.2, 0) is 4.79 Å². The molecule has 6 nitrogen and oxygen atoms in total. The maximum Gasteiger partial charge on any atom is 0.251 e. The van der Waals surface area contributed by atoms with Gasteiger partial charge in [-0.05, 0) is 24.3 Å². The van der Waals surface area contributed by atoms with Crippen molar-refractivity contribution in [3.05, 3.63) is 53.8 Å². The molecule has 0 spiro atoms. The van der Waals surface area contributed by atoms with Crippen molar-refractivity contribution in [3.8, 4) is 11.5 Å². The number of methoxy groups -OCH3 is 2. The van der Waals surface area contributed by atoms with E-state index in [-0.39, 0.29) is 24.6 Å². The first-order chi connectivity index (χ1) is 12.0. The van der Waals surface area contributed by atoms with Crippen molar-refractivity contribution in [3.63, 3.8) is 0 Å². The van der Waals surface area contributed by atoms with Crippen molar-refractivity contribution in [2.24, 2.45) is 0 Å². The lowest BCUT2D eigenvalue weighted by Crippen LogP contribution is -2.27. The van der Waals surface area contributed by atoms with Gasteiger partial charge in [0.1, 0.15) is 17.3 Å². The summed E-state index contributed by atoms with van der Waals surface area (Å²) in [5, 5.41) is 5.08. The number of carbonyl (C=O) groups excluding carboxylic acids is 2. The lowest BCUT2D eigenvalue weighted by atomic mass is 10.2. The molecule has 2 rings (SSSR count). The number of benzene rings is 2. The van der Waals surface area contributed by atoms with E-state index in [9.17, 15) is 14.0 Å². The highest BCUT2D eigenvalue weighted by atomic mass is 19.1. The molecule has 0 bridgehead atoms. The summed E-state index contributed by atoms with van der Waals surface area (Å²) in [6.07, 6.45) is 0.0151. The summed E-state index contributed by atoms with van der Waals surface area (Å²) >= 11 is 0. The van der Waals surface area contributed by atoms with Gasteiger partial charge in [-0.15, -0.1) is 0 Å². The number of hydrogen-bond acceptors (Lipinski definition) is 4. The molecule has 0 unspecified atom stereocenters. The van der Waals surface area contributed by atoms with E-state index in [0.29, 0.717) is 17.1 Å². The number of nitrogens with one attached hydrogen (secondary N) is 2. The second-order valence-corrected chi connectivity index (χ2v) is 5.14. The van der Waals surface area contributed by atoms with E-state index in [0.717, 1.165) is 0 Å². The summed E-state index contributed by atoms with van der Waals surface area (Å²) in [6, 6.07) is 10.7. The van der Waals surface area contributed by atoms with Crippen LogP contribution in [0.15, 0.2) is 42.5 Å². The SMILES string of the molecule is COc1cc(OC)cc(C(=O)NCCC(=O)Nc2ccccc2F)c1. The van der Waals surface area contributed by atoms with E-state index < -0.39 is 11.7 Å². The van der Waals surface area contributed by atoms with Crippen molar-refractivity contribution >= 4 is 17.5 Å². The van der Waals surface area contributed by atoms with Crippen molar-refractivity contribution in [1.82, 2.24) is 5.32 Å². The molecule has 0 aliphatic rings. The zero-order valence-electron chi connectivity index (χ0n) is 14.0. The van der Waals surface area contributed by atoms with Crippen LogP contribution in [0.3, 0.4) is 0 Å². The minimum atomic E-state index is -0.511. The molecule has 0 aliphatic carbocycles. The van der Waals surface area contributed by atoms with Crippen LogP contribution >= 0.6 is 0 Å². The van der Waals surface area contributed by atoms with Crippen LogP contribution in [0.4, 0.5) is 10.1 Å². The monoisotopic (exact) mass is 346 g/mol. The average molecular weight is 346 g/mol. The second kappa shape index (κ2) is 8.68. The van der Waals surface area contributed by atoms with E-state index in [4.69, 9.17) is 9.47 Å². The molecular formula is C18H19FN2O4. The summed E-state index contributed by atoms with van der Waals surface area (Å²) in [6.45, 7) is 0.110. The summed E-state index contributed by atoms with van der Waals surface area (Å²) in [5.74, 6) is -0.295. The van der Waals surface area contributed by atoms with Gasteiger partial charge >= 0.3 is 0 Å². The number of anilines is 1. The number of amides is 2. The van der Waals surface area contributed by atoms with Gasteiger partial charge in [0.25, 0.3) is 5.91 Å². The quantitative estimate of drug-likeness (QED) is 0.808. The first-order valence-electron chi connectivity index (χ1n) is 7.59. The summed E-state index contributed by atoms with van der Waals surface area (Å²) in [5.41, 5.74) is 0.460. The largest absolute Gasteiger partial charge is 0.497 e. The van der Waals surface area contributed by atoms with Crippen molar-refractivity contribution < 1.29 is 23.5 Å². The van der Waals surface area contributed by atoms with E-state index in [1.165, 1.54) is 32.4 Å². The molecule has 2 amide bonds. The van der Waals surface area contributed by atoms with Crippen molar-refractivity contribution in [2.75, 3.05) is 26.1 Å². The fourth-order valence-corrected chi connectivity index (χ4v) is 2.11. The molecule has 25 heavy (non-hydrogen) atoms. The average Bonchev–Trinajstić information content (AvgIpc) is 2.63. The van der Waals surface area contributed by atoms with Gasteiger partial charge in [0.15, 0.2) is 0 Å². The lowest BCUT2D eigenvalue weighted by Gasteiger charge is -2.10. The Bertz CT molecular complexity index is 742. The standard InChI is InChI=1S/C18H19FN2O4/c1-24-13-9-12(10-14(11-13)25-2)18(23)20-8-7-17(22)21-16-6-4-3-5-15(16)19/h3-6,9-11H,7-8H2,1-2H3,(H,20,23)(H,21,22). The van der Waals surface area contributed by atoms with Crippen molar-refractivity contribution in [2.45, 2.75) is 6.42 Å². The van der Waals surface area contributed by atoms with Crippen LogP contribution < -0.4 is 20.1 Å². The van der Waals surface area contributed by atoms with Crippen LogP contribution in [0.2, 0.25) is 0 Å². The predicted molar refractivity (Wildman–Crippen MR) is 91.5 cm³/mol. The summed E-state index contributed by atoms with van der Waals surface area (Å²) in [7, 11) is 2.98. The van der Waals surface area contributed by atoms with Crippen LogP contribution in [0, 0.1) is 5.82 Å². The molecule has 0 radical (unpaired) electrons. The van der Waals surface area contributed by atoms with Crippen LogP contribution in [0.25, 0.3) is 0 Å². The van der Waals surface area contributed by atoms with E-state index in [1.54, 1.807) is 24.3 Å². The van der Waals surface area contributed by atoms with Crippen LogP contribution in [0.1, 0.15) is 16.8 Å². The summed E-state index contributed by atoms with van der Waals surface area (Å²) in [4.78, 5) is 24.0. The van der Waals surface area contributed by atoms with E-state index >= 15 is 0 Å². The highest BCUT2D eigenvalue weighted by Crippen LogP contribution is 2.22. The molecule has 2 aromatic carbocycles. The molecule has 0 aromatic heterocycles. The molecule has 2 N–H and O–H groups in total. The highest BCUT2D eigenvalue weighted by Gasteiger charge is 2.11. The van der Waals surface area contributed by atoms with Crippen molar-refractivity contribution in [1.29, 1.82) is 0 Å². The maximum absolute atomic E-state index is 13.5. The van der Waals surface area contributed by atoms with Crippen LogP contribution in [-0.4, -0.2) is 32.6 Å². The molecule has 0 heterocycles. The molecule has 7 heteroatoms. The Hall–Kier alpha value is -3.09. The molecule has 0 atom stereocenters. The molecule has 0 aliphatic heterocycles. The van der Waals surface area contributed by atoms with Gasteiger partial charge in [-0.2, -0.15) is 0 Å². The number of rotatable bonds is 7. The van der Waals surface area contributed by atoms with Gasteiger partial charge in [0.2, 0.25) is 5.91 Å². The summed E-state index contributed by atoms with van der Waals surface area (Å²) < 4.78 is 23.7. The Balaban J connectivity index is 1.88. The normalized spacial score (nSPS) is 10.0. The third-order valence-corrected chi connectivity index (χ3v) is 3.40. The molecule has 132 valence electrons. The molecule has 2 aromatic rings. The Morgan fingerprint density at radius 2 is 1.68 bits per heavy atom. The van der Waals surface area contributed by atoms with Gasteiger partial charge < -0.3 is 20.1 Å². The lowest BCUT2D eigenvalue weighted by molar-refractivity contribution is -0.116. The Morgan fingerprint density at radius 3 is 2.28 bits per heavy atom. The number of para-hydroxylation sites is 1. The minimum Gasteiger partial charge on any atom is -0.497 e. The molecule has 0 fully saturated rings. The van der Waals surface area contributed by atoms with Gasteiger partial charge in [-0.25, -0.2) is 4.39 Å². The predicted octanol–water partition coefficient (Wildman–Crippen LogP) is 2.60. The van der Waals surface area contributed by atoms with E-state index in [2.05, 4.69) is 10.6 Å². The number of carbonyl (C=O) groups is 2. The highest BCUT2D eigenvalue weighted by molar-refractivity contribution is 5.96. The fraction of sp³-hybridized carbons (Fsp3) is 0.222. The maximum atomic E-state index is 13.5. The Kier molecular flexibility index (Phi) is 6.33. The third kappa shape index (κ3) is 5.20. The molecule has 0 saturated heterocycles. The van der Waals surface area contributed by atoms with Gasteiger partial charge in [-0.3, -0.25) is 9.59 Å². The molecule has 0 saturated carbocycles. The number of ether oxygens (including phenoxy) is 2. The Morgan fingerprint density at radius 1 is 1.04 bits per heavy atom. The first kappa shape index (κ1) is 18.3. The second-order valence-electron chi connectivity index (χ2n) is 5.14. The smallest absolute Gasteiger partial charge is 0.251 e. The fourth-order valence-electron chi connectivity index (χ4n) is 2.11. The number of halogens is 1. The molecular weight excluding hydrogens is 327 g/mol. The van der Waals surface area contributed by atoms with E-state index in [1.807, 2.05) is 0 Å². The van der Waals surface area contributed by atoms with Gasteiger partial charge in [0, 0.05) is 24.6 Å². The zero-order chi connectivity index (χ0) is 18.2. The zero-order valence-corrected chi connectivity index (χ0v) is 14.0. The Labute approximate surface area is 144 Å². The van der Waals surface area contributed by atoms with Crippen LogP contribution in [0.5, 0.6) is 11.5 Å². The number of hydrogen-bond donors (Lipinski definition) is 2. The first-order valence-corrected chi connectivity index (χ1v) is 7.59. The topological polar surface area (TPSA) is 76.7 Å². The minimum absolute atomic E-state index is 0.0151. The third-order valence-electron chi connectivity index (χ3n) is 3.40. The van der Waals surface area contributed by atoms with Gasteiger partial charge in [-0.1, -0.05) is 12.1 Å².